The van der Waals surface area contributed by atoms with Crippen molar-refractivity contribution < 1.29 is 41.0 Å². The smallest absolute Gasteiger partial charge is 0.475 e. The van der Waals surface area contributed by atoms with Crippen molar-refractivity contribution in [2.45, 2.75) is 23.2 Å². The maximum absolute atomic E-state index is 12.7. The summed E-state index contributed by atoms with van der Waals surface area (Å²) >= 11 is 1.20. The Labute approximate surface area is 182 Å². The number of nitrogens with zero attached hydrogens (tertiary/aromatic N) is 2. The molecule has 1 amide bonds. The van der Waals surface area contributed by atoms with Crippen LogP contribution in [0.15, 0.2) is 21.7 Å². The lowest BCUT2D eigenvalue weighted by molar-refractivity contribution is -0.192. The first-order chi connectivity index (χ1) is 14.5. The Morgan fingerprint density at radius 3 is 2.39 bits per heavy atom. The van der Waals surface area contributed by atoms with Crippen LogP contribution in [-0.4, -0.2) is 93.8 Å². The van der Waals surface area contributed by atoms with E-state index in [-0.39, 0.29) is 18.9 Å². The SMILES string of the molecule is COCCCN(CCC(=O)N1CCNCC1)S(=O)(=O)c1cccs1.O=C(O)C(F)(F)F. The maximum atomic E-state index is 12.7. The third-order valence-corrected chi connectivity index (χ3v) is 7.40. The average molecular weight is 490 g/mol. The van der Waals surface area contributed by atoms with Gasteiger partial charge in [0.15, 0.2) is 0 Å². The molecule has 0 aromatic carbocycles. The Hall–Kier alpha value is -1.74. The Balaban J connectivity index is 0.000000592. The van der Waals surface area contributed by atoms with Gasteiger partial charge in [0.2, 0.25) is 5.91 Å². The number of methoxy groups -OCH3 is 1. The number of halogens is 3. The standard InChI is InChI=1S/C15H25N3O4S2.C2HF3O2/c1-22-12-3-8-18(24(20,21)15-4-2-13-23-15)9-5-14(19)17-10-6-16-7-11-17;3-2(4,5)1(6)7/h2,4,13,16H,3,5-12H2,1H3;(H,6,7). The minimum absolute atomic E-state index is 0.00891. The van der Waals surface area contributed by atoms with Crippen LogP contribution in [0, 0.1) is 0 Å². The first-order valence-electron chi connectivity index (χ1n) is 9.31. The minimum Gasteiger partial charge on any atom is -0.475 e. The summed E-state index contributed by atoms with van der Waals surface area (Å²) in [4.78, 5) is 23.0. The number of aliphatic carboxylic acids is 1. The molecule has 2 N–H and O–H groups in total. The number of amides is 1. The number of carbonyl (C=O) groups is 2. The van der Waals surface area contributed by atoms with Gasteiger partial charge < -0.3 is 20.1 Å². The molecule has 1 fully saturated rings. The molecule has 0 atom stereocenters. The molecule has 0 saturated carbocycles. The first kappa shape index (κ1) is 27.3. The molecule has 2 heterocycles. The lowest BCUT2D eigenvalue weighted by atomic mass is 10.3. The number of sulfonamides is 1. The largest absolute Gasteiger partial charge is 0.490 e. The quantitative estimate of drug-likeness (QED) is 0.501. The molecule has 1 saturated heterocycles. The highest BCUT2D eigenvalue weighted by molar-refractivity contribution is 7.91. The molecule has 178 valence electrons. The summed E-state index contributed by atoms with van der Waals surface area (Å²) in [6.45, 7) is 3.98. The van der Waals surface area contributed by atoms with Gasteiger partial charge in [-0.2, -0.15) is 17.5 Å². The highest BCUT2D eigenvalue weighted by Crippen LogP contribution is 2.21. The van der Waals surface area contributed by atoms with E-state index in [9.17, 15) is 26.4 Å². The van der Waals surface area contributed by atoms with Crippen LogP contribution in [0.3, 0.4) is 0 Å². The molecule has 1 aromatic heterocycles. The van der Waals surface area contributed by atoms with Crippen LogP contribution >= 0.6 is 11.3 Å². The van der Waals surface area contributed by atoms with Crippen LogP contribution in [-0.2, 0) is 24.3 Å². The van der Waals surface area contributed by atoms with Crippen LogP contribution in [0.25, 0.3) is 0 Å². The number of hydrogen-bond acceptors (Lipinski definition) is 7. The van der Waals surface area contributed by atoms with E-state index < -0.39 is 22.2 Å². The van der Waals surface area contributed by atoms with Crippen LogP contribution in [0.1, 0.15) is 12.8 Å². The number of rotatable bonds is 9. The Bertz CT molecular complexity index is 782. The molecule has 9 nitrogen and oxygen atoms in total. The molecule has 0 aliphatic carbocycles. The molecule has 1 aromatic rings. The van der Waals surface area contributed by atoms with Crippen LogP contribution < -0.4 is 5.32 Å². The monoisotopic (exact) mass is 489 g/mol. The molecule has 0 radical (unpaired) electrons. The summed E-state index contributed by atoms with van der Waals surface area (Å²) in [7, 11) is -1.96. The van der Waals surface area contributed by atoms with Crippen molar-refractivity contribution in [2.24, 2.45) is 0 Å². The fourth-order valence-electron chi connectivity index (χ4n) is 2.57. The van der Waals surface area contributed by atoms with Gasteiger partial charge in [0.25, 0.3) is 10.0 Å². The zero-order valence-electron chi connectivity index (χ0n) is 16.9. The zero-order valence-corrected chi connectivity index (χ0v) is 18.6. The number of carboxylic acid groups (broad SMARTS) is 1. The number of carboxylic acids is 1. The Kier molecular flexibility index (Phi) is 11.4. The molecule has 1 aliphatic heterocycles. The third kappa shape index (κ3) is 9.51. The minimum atomic E-state index is -5.08. The second-order valence-corrected chi connectivity index (χ2v) is 9.48. The number of alkyl halides is 3. The normalized spacial score (nSPS) is 14.8. The summed E-state index contributed by atoms with van der Waals surface area (Å²) in [5.41, 5.74) is 0. The van der Waals surface area contributed by atoms with Gasteiger partial charge in [0, 0.05) is 59.4 Å². The van der Waals surface area contributed by atoms with E-state index in [4.69, 9.17) is 14.6 Å². The van der Waals surface area contributed by atoms with Crippen molar-refractivity contribution in [3.05, 3.63) is 17.5 Å². The number of hydrogen-bond donors (Lipinski definition) is 2. The zero-order chi connectivity index (χ0) is 23.5. The molecular formula is C17H26F3N3O6S2. The van der Waals surface area contributed by atoms with Gasteiger partial charge in [-0.25, -0.2) is 13.2 Å². The summed E-state index contributed by atoms with van der Waals surface area (Å²) in [5.74, 6) is -2.75. The van der Waals surface area contributed by atoms with E-state index in [0.29, 0.717) is 36.9 Å². The number of piperazine rings is 1. The number of nitrogens with one attached hydrogen (secondary N) is 1. The van der Waals surface area contributed by atoms with Crippen LogP contribution in [0.4, 0.5) is 13.2 Å². The van der Waals surface area contributed by atoms with Crippen LogP contribution in [0.2, 0.25) is 0 Å². The molecule has 31 heavy (non-hydrogen) atoms. The molecule has 0 unspecified atom stereocenters. The van der Waals surface area contributed by atoms with Crippen molar-refractivity contribution >= 4 is 33.2 Å². The molecule has 14 heteroatoms. The fraction of sp³-hybridized carbons (Fsp3) is 0.647. The number of thiophene rings is 1. The van der Waals surface area contributed by atoms with Crippen molar-refractivity contribution in [1.29, 1.82) is 0 Å². The fourth-order valence-corrected chi connectivity index (χ4v) is 5.19. The highest BCUT2D eigenvalue weighted by atomic mass is 32.2. The van der Waals surface area contributed by atoms with Crippen molar-refractivity contribution in [2.75, 3.05) is 53.0 Å². The summed E-state index contributed by atoms with van der Waals surface area (Å²) in [5, 5.41) is 12.1. The molecular weight excluding hydrogens is 463 g/mol. The van der Waals surface area contributed by atoms with Crippen molar-refractivity contribution in [1.82, 2.24) is 14.5 Å². The maximum Gasteiger partial charge on any atom is 0.490 e. The van der Waals surface area contributed by atoms with Gasteiger partial charge in [-0.1, -0.05) is 6.07 Å². The predicted molar refractivity (Wildman–Crippen MR) is 107 cm³/mol. The van der Waals surface area contributed by atoms with Crippen molar-refractivity contribution in [3.8, 4) is 0 Å². The van der Waals surface area contributed by atoms with E-state index in [1.165, 1.54) is 15.6 Å². The van der Waals surface area contributed by atoms with E-state index in [1.807, 2.05) is 0 Å². The number of ether oxygens (including phenoxy) is 1. The summed E-state index contributed by atoms with van der Waals surface area (Å²) in [6.07, 6.45) is -4.28. The average Bonchev–Trinajstić information content (AvgIpc) is 3.26. The van der Waals surface area contributed by atoms with E-state index in [1.54, 1.807) is 29.5 Å². The van der Waals surface area contributed by atoms with Gasteiger partial charge in [-0.3, -0.25) is 4.79 Å². The second kappa shape index (κ2) is 13.0. The lowest BCUT2D eigenvalue weighted by Crippen LogP contribution is -2.47. The van der Waals surface area contributed by atoms with Gasteiger partial charge in [-0.05, 0) is 17.9 Å². The summed E-state index contributed by atoms with van der Waals surface area (Å²) in [6, 6.07) is 3.32. The predicted octanol–water partition coefficient (Wildman–Crippen LogP) is 1.23. The molecule has 1 aliphatic rings. The topological polar surface area (TPSA) is 116 Å². The highest BCUT2D eigenvalue weighted by Gasteiger charge is 2.38. The molecule has 0 spiro atoms. The van der Waals surface area contributed by atoms with E-state index in [0.717, 1.165) is 13.1 Å². The first-order valence-corrected chi connectivity index (χ1v) is 11.6. The van der Waals surface area contributed by atoms with E-state index in [2.05, 4.69) is 5.32 Å². The van der Waals surface area contributed by atoms with Gasteiger partial charge in [0.1, 0.15) is 4.21 Å². The van der Waals surface area contributed by atoms with Gasteiger partial charge in [0.05, 0.1) is 0 Å². The number of carbonyl (C=O) groups excluding carboxylic acids is 1. The van der Waals surface area contributed by atoms with Crippen LogP contribution in [0.5, 0.6) is 0 Å². The molecule has 2 rings (SSSR count). The Morgan fingerprint density at radius 1 is 1.29 bits per heavy atom. The van der Waals surface area contributed by atoms with Crippen molar-refractivity contribution in [3.63, 3.8) is 0 Å². The Morgan fingerprint density at radius 2 is 1.90 bits per heavy atom. The lowest BCUT2D eigenvalue weighted by Gasteiger charge is -2.28. The summed E-state index contributed by atoms with van der Waals surface area (Å²) < 4.78 is 63.9. The van der Waals surface area contributed by atoms with E-state index >= 15 is 0 Å². The third-order valence-electron chi connectivity index (χ3n) is 4.13. The molecule has 0 bridgehead atoms. The second-order valence-electron chi connectivity index (χ2n) is 6.37. The van der Waals surface area contributed by atoms with Gasteiger partial charge in [-0.15, -0.1) is 11.3 Å². The van der Waals surface area contributed by atoms with Gasteiger partial charge >= 0.3 is 12.1 Å².